The van der Waals surface area contributed by atoms with E-state index in [1.54, 1.807) is 0 Å². The third-order valence-electron chi connectivity index (χ3n) is 4.15. The number of phenolic OH excluding ortho intramolecular Hbond substituents is 1. The van der Waals surface area contributed by atoms with Crippen LogP contribution in [0.4, 0.5) is 4.39 Å². The van der Waals surface area contributed by atoms with Crippen molar-refractivity contribution in [1.82, 2.24) is 4.90 Å². The number of hydrogen-bond donors (Lipinski definition) is 1. The minimum Gasteiger partial charge on any atom is -0.508 e. The number of likely N-dealkylation sites (tertiary alicyclic amines) is 1. The molecule has 1 heterocycles. The summed E-state index contributed by atoms with van der Waals surface area (Å²) < 4.78 is 13.3. The predicted octanol–water partition coefficient (Wildman–Crippen LogP) is 3.86. The number of halogens is 1. The van der Waals surface area contributed by atoms with Crippen LogP contribution in [0.3, 0.4) is 0 Å². The van der Waals surface area contributed by atoms with Gasteiger partial charge in [0, 0.05) is 23.7 Å². The van der Waals surface area contributed by atoms with Crippen LogP contribution in [0.25, 0.3) is 0 Å². The smallest absolute Gasteiger partial charge is 0.123 e. The Labute approximate surface area is 108 Å². The first-order valence-electron chi connectivity index (χ1n) is 6.76. The van der Waals surface area contributed by atoms with Gasteiger partial charge in [0.2, 0.25) is 0 Å². The summed E-state index contributed by atoms with van der Waals surface area (Å²) in [6, 6.07) is 5.20. The highest BCUT2D eigenvalue weighted by atomic mass is 19.1. The molecule has 0 amide bonds. The van der Waals surface area contributed by atoms with Gasteiger partial charge in [0.1, 0.15) is 11.6 Å². The fourth-order valence-electron chi connectivity index (χ4n) is 3.23. The maximum absolute atomic E-state index is 13.3. The van der Waals surface area contributed by atoms with Crippen molar-refractivity contribution < 1.29 is 9.50 Å². The number of aromatic hydroxyl groups is 1. The molecule has 2 nitrogen and oxygen atoms in total. The SMILES string of the molecule is CC(c1cc(F)ccc1O)N1[C@H](C)CCC[C@@H]1C. The molecule has 1 aliphatic rings. The standard InChI is InChI=1S/C15H22FNO/c1-10-5-4-6-11(2)17(10)12(3)14-9-13(16)7-8-15(14)18/h7-12,18H,4-6H2,1-3H3/t10-,11+,12?. The number of rotatable bonds is 2. The summed E-state index contributed by atoms with van der Waals surface area (Å²) in [5.74, 6) is -0.0964. The quantitative estimate of drug-likeness (QED) is 0.863. The van der Waals surface area contributed by atoms with E-state index < -0.39 is 0 Å². The second-order valence-electron chi connectivity index (χ2n) is 5.46. The summed E-state index contributed by atoms with van der Waals surface area (Å²) in [5, 5.41) is 9.92. The Kier molecular flexibility index (Phi) is 3.91. The van der Waals surface area contributed by atoms with Gasteiger partial charge in [-0.25, -0.2) is 4.39 Å². The van der Waals surface area contributed by atoms with E-state index in [0.717, 1.165) is 0 Å². The molecule has 0 aliphatic carbocycles. The molecule has 1 saturated heterocycles. The lowest BCUT2D eigenvalue weighted by Crippen LogP contribution is -2.45. The van der Waals surface area contributed by atoms with Gasteiger partial charge in [0.15, 0.2) is 0 Å². The number of nitrogens with zero attached hydrogens (tertiary/aromatic N) is 1. The first-order chi connectivity index (χ1) is 8.50. The molecule has 100 valence electrons. The van der Waals surface area contributed by atoms with Gasteiger partial charge < -0.3 is 5.11 Å². The van der Waals surface area contributed by atoms with E-state index in [0.29, 0.717) is 17.6 Å². The van der Waals surface area contributed by atoms with E-state index in [2.05, 4.69) is 18.7 Å². The van der Waals surface area contributed by atoms with Crippen molar-refractivity contribution in [1.29, 1.82) is 0 Å². The molecule has 1 aromatic carbocycles. The molecule has 1 aliphatic heterocycles. The molecule has 0 aromatic heterocycles. The van der Waals surface area contributed by atoms with E-state index >= 15 is 0 Å². The molecule has 2 rings (SSSR count). The van der Waals surface area contributed by atoms with Crippen LogP contribution in [-0.4, -0.2) is 22.1 Å². The second kappa shape index (κ2) is 5.27. The summed E-state index contributed by atoms with van der Waals surface area (Å²) in [5.41, 5.74) is 0.690. The highest BCUT2D eigenvalue weighted by Gasteiger charge is 2.30. The highest BCUT2D eigenvalue weighted by molar-refractivity contribution is 5.35. The van der Waals surface area contributed by atoms with Crippen molar-refractivity contribution in [2.45, 2.75) is 58.2 Å². The topological polar surface area (TPSA) is 23.5 Å². The molecule has 1 aromatic rings. The Morgan fingerprint density at radius 1 is 1.28 bits per heavy atom. The van der Waals surface area contributed by atoms with E-state index in [4.69, 9.17) is 0 Å². The maximum atomic E-state index is 13.3. The molecule has 1 N–H and O–H groups in total. The Morgan fingerprint density at radius 2 is 1.89 bits per heavy atom. The second-order valence-corrected chi connectivity index (χ2v) is 5.46. The van der Waals surface area contributed by atoms with Gasteiger partial charge in [-0.3, -0.25) is 4.90 Å². The van der Waals surface area contributed by atoms with Crippen LogP contribution < -0.4 is 0 Å². The number of piperidine rings is 1. The lowest BCUT2D eigenvalue weighted by molar-refractivity contribution is 0.0611. The average molecular weight is 251 g/mol. The summed E-state index contributed by atoms with van der Waals surface area (Å²) in [6.45, 7) is 6.47. The summed E-state index contributed by atoms with van der Waals surface area (Å²) in [6.07, 6.45) is 3.59. The molecule has 1 fully saturated rings. The Hall–Kier alpha value is -1.09. The molecule has 18 heavy (non-hydrogen) atoms. The summed E-state index contributed by atoms with van der Waals surface area (Å²) >= 11 is 0. The third kappa shape index (κ3) is 2.51. The Bertz CT molecular complexity index is 411. The van der Waals surface area contributed by atoms with E-state index in [9.17, 15) is 9.50 Å². The van der Waals surface area contributed by atoms with Crippen LogP contribution in [0.1, 0.15) is 51.6 Å². The summed E-state index contributed by atoms with van der Waals surface area (Å²) in [4.78, 5) is 2.39. The molecule has 3 atom stereocenters. The Balaban J connectivity index is 2.28. The largest absolute Gasteiger partial charge is 0.508 e. The monoisotopic (exact) mass is 251 g/mol. The van der Waals surface area contributed by atoms with Crippen molar-refractivity contribution in [2.24, 2.45) is 0 Å². The lowest BCUT2D eigenvalue weighted by atomic mass is 9.93. The molecule has 0 saturated carbocycles. The highest BCUT2D eigenvalue weighted by Crippen LogP contribution is 2.35. The van der Waals surface area contributed by atoms with Gasteiger partial charge in [-0.1, -0.05) is 6.42 Å². The van der Waals surface area contributed by atoms with Gasteiger partial charge in [-0.05, 0) is 51.8 Å². The normalized spacial score (nSPS) is 27.1. The van der Waals surface area contributed by atoms with Gasteiger partial charge in [0.25, 0.3) is 0 Å². The van der Waals surface area contributed by atoms with Crippen LogP contribution in [-0.2, 0) is 0 Å². The fraction of sp³-hybridized carbons (Fsp3) is 0.600. The Morgan fingerprint density at radius 3 is 2.50 bits per heavy atom. The van der Waals surface area contributed by atoms with Crippen LogP contribution in [0.15, 0.2) is 18.2 Å². The zero-order chi connectivity index (χ0) is 13.3. The van der Waals surface area contributed by atoms with Gasteiger partial charge in [0.05, 0.1) is 0 Å². The lowest BCUT2D eigenvalue weighted by Gasteiger charge is -2.43. The van der Waals surface area contributed by atoms with Crippen molar-refractivity contribution >= 4 is 0 Å². The van der Waals surface area contributed by atoms with Crippen LogP contribution in [0.5, 0.6) is 5.75 Å². The van der Waals surface area contributed by atoms with Gasteiger partial charge in [-0.15, -0.1) is 0 Å². The summed E-state index contributed by atoms with van der Waals surface area (Å²) in [7, 11) is 0. The van der Waals surface area contributed by atoms with Gasteiger partial charge in [-0.2, -0.15) is 0 Å². The van der Waals surface area contributed by atoms with Crippen LogP contribution in [0, 0.1) is 5.82 Å². The molecule has 1 unspecified atom stereocenters. The maximum Gasteiger partial charge on any atom is 0.123 e. The first kappa shape index (κ1) is 13.3. The van der Waals surface area contributed by atoms with Gasteiger partial charge >= 0.3 is 0 Å². The van der Waals surface area contributed by atoms with E-state index in [-0.39, 0.29) is 17.6 Å². The fourth-order valence-corrected chi connectivity index (χ4v) is 3.23. The third-order valence-corrected chi connectivity index (χ3v) is 4.15. The minimum atomic E-state index is -0.285. The van der Waals surface area contributed by atoms with Crippen molar-refractivity contribution in [3.63, 3.8) is 0 Å². The van der Waals surface area contributed by atoms with Crippen LogP contribution in [0.2, 0.25) is 0 Å². The van der Waals surface area contributed by atoms with E-state index in [1.165, 1.54) is 37.5 Å². The first-order valence-corrected chi connectivity index (χ1v) is 6.76. The zero-order valence-electron chi connectivity index (χ0n) is 11.4. The average Bonchev–Trinajstić information content (AvgIpc) is 2.32. The number of phenols is 1. The zero-order valence-corrected chi connectivity index (χ0v) is 11.4. The molecular formula is C15H22FNO. The molecular weight excluding hydrogens is 229 g/mol. The predicted molar refractivity (Wildman–Crippen MR) is 71.1 cm³/mol. The van der Waals surface area contributed by atoms with Crippen LogP contribution >= 0.6 is 0 Å². The number of hydrogen-bond acceptors (Lipinski definition) is 2. The van der Waals surface area contributed by atoms with Crippen molar-refractivity contribution in [2.75, 3.05) is 0 Å². The minimum absolute atomic E-state index is 0.0472. The molecule has 0 spiro atoms. The molecule has 0 radical (unpaired) electrons. The number of benzene rings is 1. The molecule has 3 heteroatoms. The van der Waals surface area contributed by atoms with Crippen molar-refractivity contribution in [3.05, 3.63) is 29.6 Å². The van der Waals surface area contributed by atoms with Crippen molar-refractivity contribution in [3.8, 4) is 5.75 Å². The molecule has 0 bridgehead atoms. The van der Waals surface area contributed by atoms with E-state index in [1.807, 2.05) is 6.92 Å².